The third-order valence-corrected chi connectivity index (χ3v) is 5.64. The van der Waals surface area contributed by atoms with E-state index in [1.54, 1.807) is 24.4 Å². The number of carbonyl (C=O) groups is 5. The van der Waals surface area contributed by atoms with E-state index in [9.17, 15) is 29.1 Å². The predicted molar refractivity (Wildman–Crippen MR) is 137 cm³/mol. The minimum Gasteiger partial charge on any atom is -0.480 e. The van der Waals surface area contributed by atoms with Crippen LogP contribution in [-0.4, -0.2) is 57.4 Å². The van der Waals surface area contributed by atoms with Crippen molar-refractivity contribution >= 4 is 46.2 Å². The number of hydrogen-bond donors (Lipinski definition) is 6. The number of amides is 5. The molecule has 5 amide bonds. The molecule has 2 aromatic heterocycles. The van der Waals surface area contributed by atoms with Crippen molar-refractivity contribution in [3.8, 4) is 0 Å². The van der Waals surface area contributed by atoms with Gasteiger partial charge >= 0.3 is 12.0 Å². The minimum atomic E-state index is -1.49. The molecule has 0 saturated heterocycles. The van der Waals surface area contributed by atoms with Crippen LogP contribution in [-0.2, 0) is 27.5 Å². The summed E-state index contributed by atoms with van der Waals surface area (Å²) in [5.74, 6) is -3.51. The summed E-state index contributed by atoms with van der Waals surface area (Å²) in [4.78, 5) is 68.2. The molecule has 0 spiro atoms. The summed E-state index contributed by atoms with van der Waals surface area (Å²) in [5, 5.41) is 23.2. The zero-order valence-corrected chi connectivity index (χ0v) is 20.8. The van der Waals surface area contributed by atoms with Gasteiger partial charge in [-0.3, -0.25) is 24.7 Å². The highest BCUT2D eigenvalue weighted by molar-refractivity contribution is 7.14. The Kier molecular flexibility index (Phi) is 10.2. The molecule has 0 unspecified atom stereocenters. The van der Waals surface area contributed by atoms with Gasteiger partial charge in [-0.25, -0.2) is 14.6 Å². The Morgan fingerprint density at radius 3 is 2.37 bits per heavy atom. The monoisotopic (exact) mass is 539 g/mol. The lowest BCUT2D eigenvalue weighted by atomic mass is 10.2. The van der Waals surface area contributed by atoms with Gasteiger partial charge in [0.05, 0.1) is 25.2 Å². The lowest BCUT2D eigenvalue weighted by molar-refractivity contribution is -0.143. The van der Waals surface area contributed by atoms with E-state index < -0.39 is 48.7 Å². The van der Waals surface area contributed by atoms with Crippen molar-refractivity contribution in [2.75, 3.05) is 11.9 Å². The number of carbonyl (C=O) groups excluding carboxylic acids is 4. The summed E-state index contributed by atoms with van der Waals surface area (Å²) in [6.45, 7) is -0.130. The van der Waals surface area contributed by atoms with Gasteiger partial charge < -0.3 is 26.4 Å². The van der Waals surface area contributed by atoms with Crippen molar-refractivity contribution < 1.29 is 29.1 Å². The first-order valence-corrected chi connectivity index (χ1v) is 12.2. The van der Waals surface area contributed by atoms with Crippen LogP contribution < -0.4 is 26.6 Å². The number of thiazole rings is 1. The second-order valence-electron chi connectivity index (χ2n) is 7.77. The minimum absolute atomic E-state index is 0.0372. The van der Waals surface area contributed by atoms with Crippen LogP contribution >= 0.6 is 11.3 Å². The highest BCUT2D eigenvalue weighted by atomic mass is 32.1. The average Bonchev–Trinajstić information content (AvgIpc) is 3.38. The number of urea groups is 1. The molecule has 0 aliphatic heterocycles. The third-order valence-electron chi connectivity index (χ3n) is 4.88. The summed E-state index contributed by atoms with van der Waals surface area (Å²) in [7, 11) is 0. The molecule has 1 atom stereocenters. The smallest absolute Gasteiger partial charge is 0.326 e. The molecule has 0 radical (unpaired) electrons. The number of benzene rings is 1. The van der Waals surface area contributed by atoms with E-state index in [0.29, 0.717) is 12.2 Å². The van der Waals surface area contributed by atoms with Gasteiger partial charge in [-0.1, -0.05) is 36.4 Å². The molecule has 0 bridgehead atoms. The highest BCUT2D eigenvalue weighted by Gasteiger charge is 2.23. The van der Waals surface area contributed by atoms with Crippen LogP contribution in [0, 0.1) is 0 Å². The summed E-state index contributed by atoms with van der Waals surface area (Å²) in [6, 6.07) is 12.5. The largest absolute Gasteiger partial charge is 0.480 e. The number of anilines is 1. The van der Waals surface area contributed by atoms with Gasteiger partial charge in [-0.05, 0) is 17.7 Å². The van der Waals surface area contributed by atoms with Crippen molar-refractivity contribution in [1.82, 2.24) is 31.2 Å². The van der Waals surface area contributed by atoms with E-state index >= 15 is 0 Å². The number of nitrogens with zero attached hydrogens (tertiary/aromatic N) is 2. The standard InChI is InChI=1S/C24H25N7O6S/c32-19(26-12-16-8-4-5-9-25-16)10-17(22(35)36)29-20(33)13-27-21(34)18-14-38-24(30-18)31-23(37)28-11-15-6-2-1-3-7-15/h1-9,14,17H,10-13H2,(H,26,32)(H,27,34)(H,29,33)(H,35,36)(H2,28,30,31,37)/t17-/m0/s1. The first kappa shape index (κ1) is 27.7. The predicted octanol–water partition coefficient (Wildman–Crippen LogP) is 0.866. The summed E-state index contributed by atoms with van der Waals surface area (Å²) in [6.07, 6.45) is 1.05. The Hall–Kier alpha value is -4.85. The van der Waals surface area contributed by atoms with Crippen molar-refractivity contribution in [3.63, 3.8) is 0 Å². The topological polar surface area (TPSA) is 192 Å². The number of pyridine rings is 1. The van der Waals surface area contributed by atoms with E-state index in [1.165, 1.54) is 5.38 Å². The molecule has 6 N–H and O–H groups in total. The average molecular weight is 540 g/mol. The first-order valence-electron chi connectivity index (χ1n) is 11.3. The van der Waals surface area contributed by atoms with Gasteiger partial charge in [0.2, 0.25) is 11.8 Å². The van der Waals surface area contributed by atoms with E-state index in [0.717, 1.165) is 16.9 Å². The maximum atomic E-state index is 12.3. The second kappa shape index (κ2) is 14.0. The van der Waals surface area contributed by atoms with Gasteiger partial charge in [-0.2, -0.15) is 0 Å². The highest BCUT2D eigenvalue weighted by Crippen LogP contribution is 2.15. The van der Waals surface area contributed by atoms with Crippen LogP contribution in [0.1, 0.15) is 28.2 Å². The lowest BCUT2D eigenvalue weighted by Crippen LogP contribution is -2.47. The van der Waals surface area contributed by atoms with Gasteiger partial charge in [0, 0.05) is 18.1 Å². The van der Waals surface area contributed by atoms with E-state index in [-0.39, 0.29) is 17.4 Å². The quantitative estimate of drug-likeness (QED) is 0.195. The maximum Gasteiger partial charge on any atom is 0.326 e. The number of rotatable bonds is 12. The zero-order valence-electron chi connectivity index (χ0n) is 20.0. The number of carboxylic acids is 1. The summed E-state index contributed by atoms with van der Waals surface area (Å²) >= 11 is 1.02. The number of aromatic nitrogens is 2. The number of hydrogen-bond acceptors (Lipinski definition) is 8. The van der Waals surface area contributed by atoms with Gasteiger partial charge in [0.1, 0.15) is 11.7 Å². The molecule has 198 valence electrons. The van der Waals surface area contributed by atoms with Crippen LogP contribution in [0.2, 0.25) is 0 Å². The van der Waals surface area contributed by atoms with Crippen LogP contribution in [0.25, 0.3) is 0 Å². The Morgan fingerprint density at radius 2 is 1.66 bits per heavy atom. The molecule has 0 aliphatic rings. The number of nitrogens with one attached hydrogen (secondary N) is 5. The fraction of sp³-hybridized carbons (Fsp3) is 0.208. The van der Waals surface area contributed by atoms with Crippen molar-refractivity contribution in [2.24, 2.45) is 0 Å². The van der Waals surface area contributed by atoms with E-state index in [2.05, 4.69) is 36.6 Å². The lowest BCUT2D eigenvalue weighted by Gasteiger charge is -2.14. The fourth-order valence-electron chi connectivity index (χ4n) is 3.00. The molecule has 2 heterocycles. The van der Waals surface area contributed by atoms with Crippen molar-refractivity contribution in [3.05, 3.63) is 77.1 Å². The van der Waals surface area contributed by atoms with E-state index in [1.807, 2.05) is 30.3 Å². The Balaban J connectivity index is 1.40. The Morgan fingerprint density at radius 1 is 0.895 bits per heavy atom. The normalized spacial score (nSPS) is 11.1. The second-order valence-corrected chi connectivity index (χ2v) is 8.63. The van der Waals surface area contributed by atoms with Crippen LogP contribution in [0.5, 0.6) is 0 Å². The zero-order chi connectivity index (χ0) is 27.3. The molecule has 1 aromatic carbocycles. The summed E-state index contributed by atoms with van der Waals surface area (Å²) in [5.41, 5.74) is 1.47. The van der Waals surface area contributed by atoms with Gasteiger partial charge in [0.25, 0.3) is 5.91 Å². The molecule has 38 heavy (non-hydrogen) atoms. The maximum absolute atomic E-state index is 12.3. The van der Waals surface area contributed by atoms with E-state index in [4.69, 9.17) is 0 Å². The molecule has 14 heteroatoms. The third kappa shape index (κ3) is 9.31. The van der Waals surface area contributed by atoms with Crippen LogP contribution in [0.3, 0.4) is 0 Å². The fourth-order valence-corrected chi connectivity index (χ4v) is 3.69. The Bertz CT molecular complexity index is 1270. The SMILES string of the molecule is O=C(C[C@H](NC(=O)CNC(=O)c1csc(NC(=O)NCc2ccccc2)n1)C(=O)O)NCc1ccccn1. The van der Waals surface area contributed by atoms with Crippen molar-refractivity contribution in [1.29, 1.82) is 0 Å². The first-order chi connectivity index (χ1) is 18.3. The van der Waals surface area contributed by atoms with Gasteiger partial charge in [-0.15, -0.1) is 11.3 Å². The van der Waals surface area contributed by atoms with Crippen LogP contribution in [0.15, 0.2) is 60.1 Å². The number of carboxylic acid groups (broad SMARTS) is 1. The molecular weight excluding hydrogens is 514 g/mol. The van der Waals surface area contributed by atoms with Crippen molar-refractivity contribution in [2.45, 2.75) is 25.6 Å². The molecule has 0 aliphatic carbocycles. The molecule has 3 aromatic rings. The number of aliphatic carboxylic acids is 1. The molecule has 13 nitrogen and oxygen atoms in total. The molecule has 0 saturated carbocycles. The molecule has 0 fully saturated rings. The van der Waals surface area contributed by atoms with Gasteiger partial charge in [0.15, 0.2) is 5.13 Å². The molecule has 3 rings (SSSR count). The van der Waals surface area contributed by atoms with Crippen LogP contribution in [0.4, 0.5) is 9.93 Å². The Labute approximate surface area is 221 Å². The molecular formula is C24H25N7O6S. The summed E-state index contributed by atoms with van der Waals surface area (Å²) < 4.78 is 0.